The van der Waals surface area contributed by atoms with E-state index in [1.165, 1.54) is 58.6 Å². The highest BCUT2D eigenvalue weighted by Gasteiger charge is 2.58. The van der Waals surface area contributed by atoms with Gasteiger partial charge in [-0.25, -0.2) is 40.3 Å². The van der Waals surface area contributed by atoms with Gasteiger partial charge in [0.2, 0.25) is 20.0 Å². The molecule has 12 rings (SSSR count). The third kappa shape index (κ3) is 19.8. The average molecular weight is 1640 g/mol. The van der Waals surface area contributed by atoms with E-state index in [-0.39, 0.29) is 129 Å². The summed E-state index contributed by atoms with van der Waals surface area (Å²) in [5.41, 5.74) is -0.280. The summed E-state index contributed by atoms with van der Waals surface area (Å²) in [4.78, 5) is 119. The summed E-state index contributed by atoms with van der Waals surface area (Å²) >= 11 is 0. The molecule has 0 unspecified atom stereocenters. The van der Waals surface area contributed by atoms with E-state index in [0.29, 0.717) is 45.6 Å². The lowest BCUT2D eigenvalue weighted by molar-refractivity contribution is -0.275. The van der Waals surface area contributed by atoms with Gasteiger partial charge in [0.1, 0.15) is 56.5 Å². The van der Waals surface area contributed by atoms with Crippen molar-refractivity contribution in [3.05, 3.63) is 123 Å². The Hall–Kier alpha value is -10.2. The second kappa shape index (κ2) is 33.7. The Bertz CT molecular complexity index is 4710. The molecule has 0 atom stereocenters. The van der Waals surface area contributed by atoms with Gasteiger partial charge in [0.05, 0.1) is 11.8 Å². The number of sulfonamides is 2. The number of aryl methyl sites for hydroxylation is 4. The van der Waals surface area contributed by atoms with Gasteiger partial charge in [-0.05, 0) is 239 Å². The van der Waals surface area contributed by atoms with Gasteiger partial charge in [-0.3, -0.25) is 49.6 Å². The third-order valence-corrected chi connectivity index (χ3v) is 24.0. The van der Waals surface area contributed by atoms with E-state index in [1.54, 1.807) is 79.7 Å². The number of carbonyl (C=O) groups is 8. The fraction of sp³-hybridized carbons (Fsp3) is 0.519. The van der Waals surface area contributed by atoms with Crippen molar-refractivity contribution in [2.45, 2.75) is 200 Å². The molecule has 8 aliphatic rings. The molecule has 4 N–H and O–H groups in total. The molecule has 8 heterocycles. The number of amidine groups is 2. The predicted octanol–water partition coefficient (Wildman–Crippen LogP) is 11.2. The highest BCUT2D eigenvalue weighted by atomic mass is 32.2. The number of aliphatic imine (C=N–C) groups is 2. The second-order valence-electron chi connectivity index (χ2n) is 30.5. The van der Waals surface area contributed by atoms with Crippen molar-refractivity contribution in [2.24, 2.45) is 9.98 Å². The Kier molecular flexibility index (Phi) is 26.0. The van der Waals surface area contributed by atoms with Crippen molar-refractivity contribution >= 4 is 97.0 Å². The molecule has 114 heavy (non-hydrogen) atoms. The summed E-state index contributed by atoms with van der Waals surface area (Å²) in [6, 6.07) is 17.6. The molecular weight excluding hydrogens is 1540 g/mol. The molecule has 0 aromatic heterocycles. The smallest absolute Gasteiger partial charge is 0.444 e. The highest BCUT2D eigenvalue weighted by molar-refractivity contribution is 7.92. The number of carbonyl (C=O) groups excluding carboxylic acids is 8. The number of benzene rings is 4. The van der Waals surface area contributed by atoms with Crippen LogP contribution in [-0.4, -0.2) is 199 Å². The van der Waals surface area contributed by atoms with Crippen LogP contribution in [0, 0.1) is 39.0 Å². The van der Waals surface area contributed by atoms with Gasteiger partial charge in [0.25, 0.3) is 23.6 Å². The topological polar surface area (TPSA) is 358 Å². The molecule has 8 aliphatic heterocycles. The van der Waals surface area contributed by atoms with Gasteiger partial charge in [0.15, 0.2) is 0 Å². The molecule has 0 radical (unpaired) electrons. The normalized spacial score (nSPS) is 19.5. The lowest BCUT2D eigenvalue weighted by atomic mass is 9.85. The summed E-state index contributed by atoms with van der Waals surface area (Å²) in [7, 11) is -7.71. The maximum Gasteiger partial charge on any atom is 0.573 e. The van der Waals surface area contributed by atoms with Crippen molar-refractivity contribution in [3.63, 3.8) is 0 Å². The lowest BCUT2D eigenvalue weighted by Gasteiger charge is -2.42. The van der Waals surface area contributed by atoms with Crippen LogP contribution in [0.25, 0.3) is 6.08 Å². The van der Waals surface area contributed by atoms with Gasteiger partial charge in [-0.15, -0.1) is 26.3 Å². The molecule has 620 valence electrons. The molecule has 0 bridgehead atoms. The summed E-state index contributed by atoms with van der Waals surface area (Å²) in [5, 5.41) is 18.9. The van der Waals surface area contributed by atoms with E-state index in [2.05, 4.69) is 40.7 Å². The predicted molar refractivity (Wildman–Crippen MR) is 411 cm³/mol. The number of halogens is 6. The van der Waals surface area contributed by atoms with Gasteiger partial charge < -0.3 is 39.4 Å². The maximum absolute atomic E-state index is 13.6. The van der Waals surface area contributed by atoms with Crippen LogP contribution in [0.15, 0.2) is 88.2 Å². The SMILES string of the molecule is CC.CCC#N.Cc1cc(N2C(=O)NC(=O)C23CCN(C(=O)OC(C)(C)C)CC3)cc(C)c1/C=C/S(=O)(=O)N1CCC2(CC1)N=C(c1ccc(OC(F)(F)F)cc1)NC2=O.Cc1cc(N2C(=O)NC(=O)C23CCN(C(=O)OC(C)(C)C)CC3)cc(C)c1CCS(=O)(=O)N1CCC2(CC1)N=C(c1ccc(OC(F)(F)F)cc1)NC2=O.[HH]. The lowest BCUT2D eigenvalue weighted by Crippen LogP contribution is -2.58. The third-order valence-electron chi connectivity index (χ3n) is 20.5. The van der Waals surface area contributed by atoms with E-state index in [1.807, 2.05) is 40.7 Å². The van der Waals surface area contributed by atoms with Crippen molar-refractivity contribution in [1.29, 1.82) is 5.26 Å². The molecule has 4 aromatic rings. The number of urea groups is 2. The molecule has 4 spiro atoms. The first-order valence-corrected chi connectivity index (χ1v) is 40.3. The summed E-state index contributed by atoms with van der Waals surface area (Å²) < 4.78 is 151. The van der Waals surface area contributed by atoms with Crippen LogP contribution in [0.2, 0.25) is 0 Å². The number of piperidine rings is 4. The van der Waals surface area contributed by atoms with Gasteiger partial charge >= 0.3 is 37.0 Å². The number of alkyl halides is 6. The Morgan fingerprint density at radius 1 is 0.535 bits per heavy atom. The second-order valence-corrected chi connectivity index (χ2v) is 34.4. The highest BCUT2D eigenvalue weighted by Crippen LogP contribution is 2.43. The molecule has 6 saturated heterocycles. The van der Waals surface area contributed by atoms with E-state index in [9.17, 15) is 81.5 Å². The van der Waals surface area contributed by atoms with Gasteiger partial charge in [-0.1, -0.05) is 20.8 Å². The zero-order chi connectivity index (χ0) is 84.3. The quantitative estimate of drug-likeness (QED) is 0.0713. The fourth-order valence-electron chi connectivity index (χ4n) is 14.8. The number of rotatable bonds is 13. The van der Waals surface area contributed by atoms with Crippen molar-refractivity contribution in [1.82, 2.24) is 39.7 Å². The van der Waals surface area contributed by atoms with Crippen molar-refractivity contribution in [2.75, 3.05) is 67.9 Å². The number of likely N-dealkylation sites (tertiary alicyclic amines) is 2. The van der Waals surface area contributed by atoms with E-state index >= 15 is 0 Å². The molecule has 37 heteroatoms. The molecule has 0 aliphatic carbocycles. The Labute approximate surface area is 659 Å². The Morgan fingerprint density at radius 2 is 0.877 bits per heavy atom. The summed E-state index contributed by atoms with van der Waals surface area (Å²) in [6.07, 6.45) is -7.15. The molecule has 0 saturated carbocycles. The standard InChI is InChI=1S/C36H43F3N6O8S.C36H41F3N6O8S.C3H5N.C2H6.H2/c2*1-22-20-25(45-31(48)41-30(47)35(45)13-15-43(16-14-35)32(49)53-33(3,4)5)21-23(2)27(22)10-19-54(50,51)44-17-11-34(12-18-44)29(46)40-28(42-34)24-6-8-26(9-7-24)52-36(37,38)39;1-2-3-4;1-2;/h6-9,20-21H,10-19H2,1-5H3,(H,40,42,46)(H,41,47,48);6-10,19-21H,11-18H2,1-5H3,(H,40,42,46)(H,41,47,48);2H2,1H3;1-2H3;1H/b;19-10+;;;. The minimum atomic E-state index is -4.85. The van der Waals surface area contributed by atoms with E-state index in [0.717, 1.165) is 46.4 Å². The maximum atomic E-state index is 13.6. The fourth-order valence-corrected chi connectivity index (χ4v) is 17.5. The molecular formula is C77H97F6N13O16S2. The molecule has 10 amide bonds. The van der Waals surface area contributed by atoms with E-state index in [4.69, 9.17) is 14.7 Å². The zero-order valence-corrected chi connectivity index (χ0v) is 67.3. The van der Waals surface area contributed by atoms with Crippen LogP contribution in [0.4, 0.5) is 56.9 Å². The number of ether oxygens (including phenoxy) is 4. The number of nitriles is 1. The molecule has 4 aromatic carbocycles. The number of hydrogen-bond acceptors (Lipinski definition) is 19. The van der Waals surface area contributed by atoms with Crippen LogP contribution in [0.5, 0.6) is 11.5 Å². The number of nitrogens with zero attached hydrogens (tertiary/aromatic N) is 9. The summed E-state index contributed by atoms with van der Waals surface area (Å²) in [5.74, 6) is -2.38. The van der Waals surface area contributed by atoms with Crippen LogP contribution in [0.1, 0.15) is 166 Å². The van der Waals surface area contributed by atoms with E-state index < -0.39 is 126 Å². The van der Waals surface area contributed by atoms with Gasteiger partial charge in [-0.2, -0.15) is 9.57 Å². The Balaban J connectivity index is 0.000000267. The number of hydrogen-bond donors (Lipinski definition) is 4. The number of anilines is 2. The molecule has 29 nitrogen and oxygen atoms in total. The average Bonchev–Trinajstić information content (AvgIpc) is 1.61. The first-order chi connectivity index (χ1) is 53.1. The van der Waals surface area contributed by atoms with Crippen LogP contribution < -0.4 is 40.5 Å². The minimum Gasteiger partial charge on any atom is -0.444 e. The minimum absolute atomic E-state index is 0. The largest absolute Gasteiger partial charge is 0.573 e. The van der Waals surface area contributed by atoms with Crippen LogP contribution >= 0.6 is 0 Å². The number of amides is 10. The van der Waals surface area contributed by atoms with Gasteiger partial charge in [0, 0.05) is 88.1 Å². The molecule has 6 fully saturated rings. The first kappa shape index (κ1) is 87.8. The monoisotopic (exact) mass is 1640 g/mol. The van der Waals surface area contributed by atoms with Crippen molar-refractivity contribution in [3.8, 4) is 17.6 Å². The van der Waals surface area contributed by atoms with Crippen molar-refractivity contribution < 1.29 is 102 Å². The first-order valence-electron chi connectivity index (χ1n) is 37.2. The number of imide groups is 2. The zero-order valence-electron chi connectivity index (χ0n) is 65.7. The van der Waals surface area contributed by atoms with Crippen LogP contribution in [0.3, 0.4) is 0 Å². The number of nitrogens with one attached hydrogen (secondary N) is 4. The Morgan fingerprint density at radius 3 is 1.21 bits per heavy atom. The summed E-state index contributed by atoms with van der Waals surface area (Å²) in [6.45, 7) is 24.6. The van der Waals surface area contributed by atoms with Crippen LogP contribution in [-0.2, 0) is 55.1 Å².